The van der Waals surface area contributed by atoms with E-state index in [9.17, 15) is 14.4 Å². The fourth-order valence-electron chi connectivity index (χ4n) is 1.72. The summed E-state index contributed by atoms with van der Waals surface area (Å²) in [5.74, 6) is -0.909. The van der Waals surface area contributed by atoms with Crippen molar-refractivity contribution < 1.29 is 19.1 Å². The van der Waals surface area contributed by atoms with Gasteiger partial charge in [0.1, 0.15) is 6.04 Å². The summed E-state index contributed by atoms with van der Waals surface area (Å²) < 4.78 is 4.88. The van der Waals surface area contributed by atoms with Gasteiger partial charge in [-0.3, -0.25) is 24.6 Å². The number of hydrogen-bond donors (Lipinski definition) is 1. The van der Waals surface area contributed by atoms with E-state index in [1.165, 1.54) is 7.05 Å². The fraction of sp³-hybridized carbons (Fsp3) is 0.727. The number of carbonyl (C=O) groups is 3. The van der Waals surface area contributed by atoms with E-state index in [0.29, 0.717) is 13.0 Å². The van der Waals surface area contributed by atoms with Gasteiger partial charge in [0.2, 0.25) is 11.8 Å². The SMILES string of the molecule is CCOC(=O)C(CC)NC1CC(=O)N(C)C1=O. The summed E-state index contributed by atoms with van der Waals surface area (Å²) in [7, 11) is 1.44. The number of hydrogen-bond acceptors (Lipinski definition) is 5. The number of esters is 1. The smallest absolute Gasteiger partial charge is 0.323 e. The van der Waals surface area contributed by atoms with Crippen molar-refractivity contribution in [2.75, 3.05) is 13.7 Å². The maximum Gasteiger partial charge on any atom is 0.323 e. The Balaban J connectivity index is 2.61. The van der Waals surface area contributed by atoms with Crippen molar-refractivity contribution in [2.24, 2.45) is 0 Å². The lowest BCUT2D eigenvalue weighted by Crippen LogP contribution is -2.47. The molecule has 1 saturated heterocycles. The summed E-state index contributed by atoms with van der Waals surface area (Å²) in [5, 5.41) is 2.87. The molecule has 2 amide bonds. The van der Waals surface area contributed by atoms with Gasteiger partial charge in [0, 0.05) is 7.05 Å². The van der Waals surface area contributed by atoms with E-state index in [1.807, 2.05) is 6.92 Å². The summed E-state index contributed by atoms with van der Waals surface area (Å²) in [5.41, 5.74) is 0. The number of likely N-dealkylation sites (N-methyl/N-ethyl adjacent to an activating group) is 1. The second-order valence-corrected chi connectivity index (χ2v) is 3.93. The number of likely N-dealkylation sites (tertiary alicyclic amines) is 1. The summed E-state index contributed by atoms with van der Waals surface area (Å²) in [4.78, 5) is 35.6. The average molecular weight is 242 g/mol. The summed E-state index contributed by atoms with van der Waals surface area (Å²) in [6.07, 6.45) is 0.617. The van der Waals surface area contributed by atoms with Crippen molar-refractivity contribution in [3.8, 4) is 0 Å². The van der Waals surface area contributed by atoms with Gasteiger partial charge in [0.05, 0.1) is 19.1 Å². The fourth-order valence-corrected chi connectivity index (χ4v) is 1.72. The molecular formula is C11H18N2O4. The molecule has 2 atom stereocenters. The van der Waals surface area contributed by atoms with Crippen molar-refractivity contribution in [1.29, 1.82) is 0 Å². The number of nitrogens with zero attached hydrogens (tertiary/aromatic N) is 1. The zero-order valence-corrected chi connectivity index (χ0v) is 10.4. The maximum atomic E-state index is 11.6. The van der Waals surface area contributed by atoms with Crippen LogP contribution in [0.25, 0.3) is 0 Å². The molecule has 0 aromatic carbocycles. The molecule has 0 spiro atoms. The quantitative estimate of drug-likeness (QED) is 0.528. The zero-order chi connectivity index (χ0) is 13.0. The van der Waals surface area contributed by atoms with E-state index < -0.39 is 12.1 Å². The molecule has 1 aliphatic heterocycles. The van der Waals surface area contributed by atoms with E-state index in [2.05, 4.69) is 5.32 Å². The monoisotopic (exact) mass is 242 g/mol. The molecule has 96 valence electrons. The predicted molar refractivity (Wildman–Crippen MR) is 60.0 cm³/mol. The molecule has 0 radical (unpaired) electrons. The van der Waals surface area contributed by atoms with Crippen LogP contribution in [-0.4, -0.2) is 48.4 Å². The van der Waals surface area contributed by atoms with Gasteiger partial charge < -0.3 is 4.74 Å². The lowest BCUT2D eigenvalue weighted by molar-refractivity contribution is -0.146. The van der Waals surface area contributed by atoms with E-state index in [0.717, 1.165) is 4.90 Å². The molecule has 0 aliphatic carbocycles. The second-order valence-electron chi connectivity index (χ2n) is 3.93. The van der Waals surface area contributed by atoms with Gasteiger partial charge in [-0.1, -0.05) is 6.92 Å². The van der Waals surface area contributed by atoms with E-state index in [4.69, 9.17) is 4.74 Å². The first-order valence-corrected chi connectivity index (χ1v) is 5.74. The highest BCUT2D eigenvalue weighted by Gasteiger charge is 2.38. The molecule has 1 aliphatic rings. The standard InChI is InChI=1S/C11H18N2O4/c1-4-7(11(16)17-5-2)12-8-6-9(14)13(3)10(8)15/h7-8,12H,4-6H2,1-3H3. The van der Waals surface area contributed by atoms with E-state index in [1.54, 1.807) is 6.92 Å². The number of imide groups is 1. The van der Waals surface area contributed by atoms with Gasteiger partial charge >= 0.3 is 5.97 Å². The van der Waals surface area contributed by atoms with Crippen molar-refractivity contribution in [3.05, 3.63) is 0 Å². The Kier molecular flexibility index (Phi) is 4.62. The van der Waals surface area contributed by atoms with Gasteiger partial charge in [0.25, 0.3) is 0 Å². The molecule has 6 heteroatoms. The highest BCUT2D eigenvalue weighted by atomic mass is 16.5. The number of rotatable bonds is 5. The van der Waals surface area contributed by atoms with Crippen LogP contribution >= 0.6 is 0 Å². The van der Waals surface area contributed by atoms with Crippen LogP contribution in [0.2, 0.25) is 0 Å². The molecular weight excluding hydrogens is 224 g/mol. The van der Waals surface area contributed by atoms with Crippen molar-refractivity contribution >= 4 is 17.8 Å². The van der Waals surface area contributed by atoms with Gasteiger partial charge in [-0.15, -0.1) is 0 Å². The van der Waals surface area contributed by atoms with E-state index in [-0.39, 0.29) is 24.2 Å². The van der Waals surface area contributed by atoms with Crippen LogP contribution in [0.4, 0.5) is 0 Å². The van der Waals surface area contributed by atoms with Gasteiger partial charge in [-0.2, -0.15) is 0 Å². The minimum Gasteiger partial charge on any atom is -0.465 e. The number of ether oxygens (including phenoxy) is 1. The Hall–Kier alpha value is -1.43. The molecule has 17 heavy (non-hydrogen) atoms. The molecule has 1 heterocycles. The largest absolute Gasteiger partial charge is 0.465 e. The topological polar surface area (TPSA) is 75.7 Å². The molecule has 6 nitrogen and oxygen atoms in total. The Morgan fingerprint density at radius 3 is 2.59 bits per heavy atom. The minimum atomic E-state index is -0.609. The van der Waals surface area contributed by atoms with Crippen molar-refractivity contribution in [3.63, 3.8) is 0 Å². The van der Waals surface area contributed by atoms with Gasteiger partial charge in [-0.25, -0.2) is 0 Å². The Labute approximate surface area is 100 Å². The van der Waals surface area contributed by atoms with Gasteiger partial charge in [0.15, 0.2) is 0 Å². The number of amides is 2. The van der Waals surface area contributed by atoms with Crippen molar-refractivity contribution in [1.82, 2.24) is 10.2 Å². The highest BCUT2D eigenvalue weighted by Crippen LogP contribution is 2.12. The van der Waals surface area contributed by atoms with Gasteiger partial charge in [-0.05, 0) is 13.3 Å². The predicted octanol–water partition coefficient (Wildman–Crippen LogP) is -0.325. The summed E-state index contributed by atoms with van der Waals surface area (Å²) >= 11 is 0. The van der Waals surface area contributed by atoms with Crippen LogP contribution in [0.3, 0.4) is 0 Å². The molecule has 1 N–H and O–H groups in total. The molecule has 0 saturated carbocycles. The van der Waals surface area contributed by atoms with Crippen LogP contribution in [0.15, 0.2) is 0 Å². The summed E-state index contributed by atoms with van der Waals surface area (Å²) in [6, 6.07) is -1.15. The molecule has 0 bridgehead atoms. The van der Waals surface area contributed by atoms with Crippen LogP contribution in [0, 0.1) is 0 Å². The Morgan fingerprint density at radius 2 is 2.18 bits per heavy atom. The lowest BCUT2D eigenvalue weighted by Gasteiger charge is -2.18. The van der Waals surface area contributed by atoms with Crippen LogP contribution in [-0.2, 0) is 19.1 Å². The second kappa shape index (κ2) is 5.77. The third kappa shape index (κ3) is 3.03. The van der Waals surface area contributed by atoms with Crippen LogP contribution in [0.5, 0.6) is 0 Å². The lowest BCUT2D eigenvalue weighted by atomic mass is 10.1. The molecule has 0 aromatic rings. The zero-order valence-electron chi connectivity index (χ0n) is 10.4. The summed E-state index contributed by atoms with van der Waals surface area (Å²) in [6.45, 7) is 3.84. The van der Waals surface area contributed by atoms with Crippen LogP contribution < -0.4 is 5.32 Å². The first kappa shape index (κ1) is 13.6. The first-order chi connectivity index (χ1) is 8.01. The molecule has 1 fully saturated rings. The van der Waals surface area contributed by atoms with E-state index >= 15 is 0 Å². The van der Waals surface area contributed by atoms with Crippen LogP contribution in [0.1, 0.15) is 26.7 Å². The molecule has 1 rings (SSSR count). The molecule has 0 aromatic heterocycles. The maximum absolute atomic E-state index is 11.6. The Morgan fingerprint density at radius 1 is 1.53 bits per heavy atom. The third-order valence-electron chi connectivity index (χ3n) is 2.76. The number of carbonyl (C=O) groups excluding carboxylic acids is 3. The first-order valence-electron chi connectivity index (χ1n) is 5.74. The highest BCUT2D eigenvalue weighted by molar-refractivity contribution is 6.05. The minimum absolute atomic E-state index is 0.102. The normalized spacial score (nSPS) is 21.8. The number of nitrogens with one attached hydrogen (secondary N) is 1. The molecule has 2 unspecified atom stereocenters. The van der Waals surface area contributed by atoms with Crippen molar-refractivity contribution in [2.45, 2.75) is 38.8 Å². The Bertz CT molecular complexity index is 329. The average Bonchev–Trinajstić information content (AvgIpc) is 2.54. The third-order valence-corrected chi connectivity index (χ3v) is 2.76.